The van der Waals surface area contributed by atoms with Crippen LogP contribution in [0.15, 0.2) is 59.8 Å². The molecule has 3 aromatic rings. The highest BCUT2D eigenvalue weighted by atomic mass is 16.5. The van der Waals surface area contributed by atoms with Crippen molar-refractivity contribution in [2.24, 2.45) is 10.8 Å². The number of benzene rings is 2. The lowest BCUT2D eigenvalue weighted by molar-refractivity contribution is -0.118. The van der Waals surface area contributed by atoms with Crippen LogP contribution in [0.3, 0.4) is 0 Å². The number of hydrogen-bond acceptors (Lipinski definition) is 4. The first-order valence-electron chi connectivity index (χ1n) is 9.01. The van der Waals surface area contributed by atoms with E-state index in [0.29, 0.717) is 24.5 Å². The first-order valence-corrected chi connectivity index (χ1v) is 9.01. The minimum atomic E-state index is -0.351. The van der Waals surface area contributed by atoms with E-state index in [0.717, 1.165) is 16.5 Å². The summed E-state index contributed by atoms with van der Waals surface area (Å²) in [6.07, 6.45) is 3.74. The highest BCUT2D eigenvalue weighted by Gasteiger charge is 2.08. The summed E-state index contributed by atoms with van der Waals surface area (Å²) in [5.74, 6) is 0.0544. The number of para-hydroxylation sites is 1. The fourth-order valence-corrected chi connectivity index (χ4v) is 2.89. The number of aryl methyl sites for hydroxylation is 1. The molecular weight excluding hydrogens is 356 g/mol. The highest BCUT2D eigenvalue weighted by molar-refractivity contribution is 6.00. The van der Waals surface area contributed by atoms with E-state index < -0.39 is 0 Å². The lowest BCUT2D eigenvalue weighted by atomic mass is 10.2. The smallest absolute Gasteiger partial charge is 0.271 e. The number of carbonyl (C=O) groups is 2. The van der Waals surface area contributed by atoms with Gasteiger partial charge in [-0.2, -0.15) is 5.10 Å². The Hall–Kier alpha value is -3.61. The van der Waals surface area contributed by atoms with Crippen LogP contribution in [0.5, 0.6) is 5.75 Å². The molecule has 1 heterocycles. The number of amides is 2. The number of nitrogens with one attached hydrogen (secondary N) is 1. The average Bonchev–Trinajstić information content (AvgIpc) is 3.05. The quantitative estimate of drug-likeness (QED) is 0.466. The van der Waals surface area contributed by atoms with Crippen LogP contribution in [-0.4, -0.2) is 29.2 Å². The fraction of sp³-hybridized carbons (Fsp3) is 0.190. The van der Waals surface area contributed by atoms with Gasteiger partial charge in [-0.25, -0.2) is 5.43 Å². The molecule has 144 valence electrons. The number of fused-ring (bicyclic) bond motifs is 1. The molecule has 3 rings (SSSR count). The third kappa shape index (κ3) is 4.56. The van der Waals surface area contributed by atoms with Gasteiger partial charge >= 0.3 is 0 Å². The van der Waals surface area contributed by atoms with E-state index in [1.165, 1.54) is 0 Å². The molecule has 1 aromatic heterocycles. The molecule has 3 N–H and O–H groups in total. The van der Waals surface area contributed by atoms with E-state index in [2.05, 4.69) is 10.5 Å². The Morgan fingerprint density at radius 3 is 2.64 bits per heavy atom. The van der Waals surface area contributed by atoms with E-state index in [-0.39, 0.29) is 18.2 Å². The summed E-state index contributed by atoms with van der Waals surface area (Å²) in [5, 5.41) is 5.05. The van der Waals surface area contributed by atoms with Gasteiger partial charge < -0.3 is 15.0 Å². The zero-order valence-corrected chi connectivity index (χ0v) is 15.6. The number of nitrogens with zero attached hydrogens (tertiary/aromatic N) is 2. The van der Waals surface area contributed by atoms with Crippen molar-refractivity contribution >= 4 is 28.9 Å². The van der Waals surface area contributed by atoms with Gasteiger partial charge in [0.2, 0.25) is 5.91 Å². The zero-order valence-electron chi connectivity index (χ0n) is 15.6. The summed E-state index contributed by atoms with van der Waals surface area (Å²) in [6, 6.07) is 14.6. The number of rotatable bonds is 8. The van der Waals surface area contributed by atoms with Crippen LogP contribution in [0, 0.1) is 0 Å². The van der Waals surface area contributed by atoms with Crippen LogP contribution >= 0.6 is 0 Å². The van der Waals surface area contributed by atoms with Crippen molar-refractivity contribution < 1.29 is 14.3 Å². The molecule has 0 radical (unpaired) electrons. The maximum absolute atomic E-state index is 12.2. The SMILES string of the molecule is CCOc1ccc(C(=O)N/N=C\c2cn(CCC(N)=O)c3ccccc23)cc1. The first kappa shape index (κ1) is 19.2. The third-order valence-corrected chi connectivity index (χ3v) is 4.22. The summed E-state index contributed by atoms with van der Waals surface area (Å²) in [4.78, 5) is 23.3. The molecule has 0 bridgehead atoms. The molecule has 0 unspecified atom stereocenters. The number of hydrazone groups is 1. The largest absolute Gasteiger partial charge is 0.494 e. The van der Waals surface area contributed by atoms with Gasteiger partial charge in [0, 0.05) is 41.2 Å². The fourth-order valence-electron chi connectivity index (χ4n) is 2.89. The van der Waals surface area contributed by atoms with Crippen molar-refractivity contribution in [2.75, 3.05) is 6.61 Å². The number of aromatic nitrogens is 1. The Kier molecular flexibility index (Phi) is 6.06. The Balaban J connectivity index is 1.72. The van der Waals surface area contributed by atoms with Crippen LogP contribution in [0.1, 0.15) is 29.3 Å². The van der Waals surface area contributed by atoms with Gasteiger partial charge in [0.05, 0.1) is 12.8 Å². The number of primary amides is 1. The van der Waals surface area contributed by atoms with E-state index in [1.54, 1.807) is 30.5 Å². The normalized spacial score (nSPS) is 11.0. The van der Waals surface area contributed by atoms with Crippen molar-refractivity contribution in [3.63, 3.8) is 0 Å². The maximum Gasteiger partial charge on any atom is 0.271 e. The lowest BCUT2D eigenvalue weighted by Gasteiger charge is -2.03. The molecule has 0 spiro atoms. The molecule has 28 heavy (non-hydrogen) atoms. The van der Waals surface area contributed by atoms with Crippen LogP contribution in [0.2, 0.25) is 0 Å². The van der Waals surface area contributed by atoms with Crippen LogP contribution in [0.25, 0.3) is 10.9 Å². The van der Waals surface area contributed by atoms with Crippen LogP contribution < -0.4 is 15.9 Å². The lowest BCUT2D eigenvalue weighted by Crippen LogP contribution is -2.17. The van der Waals surface area contributed by atoms with E-state index in [4.69, 9.17) is 10.5 Å². The van der Waals surface area contributed by atoms with Crippen molar-refractivity contribution in [3.05, 3.63) is 65.9 Å². The standard InChI is InChI=1S/C21H22N4O3/c1-2-28-17-9-7-15(8-10-17)21(27)24-23-13-16-14-25(12-11-20(22)26)19-6-4-3-5-18(16)19/h3-10,13-14H,2,11-12H2,1H3,(H2,22,26)(H,24,27)/b23-13-. The van der Waals surface area contributed by atoms with E-state index in [1.807, 2.05) is 42.0 Å². The molecule has 0 saturated heterocycles. The number of carbonyl (C=O) groups excluding carboxylic acids is 2. The summed E-state index contributed by atoms with van der Waals surface area (Å²) < 4.78 is 7.32. The second-order valence-electron chi connectivity index (χ2n) is 6.17. The Morgan fingerprint density at radius 1 is 1.18 bits per heavy atom. The minimum absolute atomic E-state index is 0.254. The van der Waals surface area contributed by atoms with Gasteiger partial charge in [-0.05, 0) is 37.3 Å². The van der Waals surface area contributed by atoms with E-state index >= 15 is 0 Å². The Labute approximate surface area is 162 Å². The van der Waals surface area contributed by atoms with Gasteiger partial charge in [0.25, 0.3) is 5.91 Å². The third-order valence-electron chi connectivity index (χ3n) is 4.22. The molecular formula is C21H22N4O3. The van der Waals surface area contributed by atoms with Crippen LogP contribution in [-0.2, 0) is 11.3 Å². The van der Waals surface area contributed by atoms with Crippen molar-refractivity contribution in [1.29, 1.82) is 0 Å². The molecule has 7 heteroatoms. The maximum atomic E-state index is 12.2. The first-order chi connectivity index (χ1) is 13.6. The Morgan fingerprint density at radius 2 is 1.93 bits per heavy atom. The average molecular weight is 378 g/mol. The molecule has 0 saturated carbocycles. The minimum Gasteiger partial charge on any atom is -0.494 e. The molecule has 0 atom stereocenters. The predicted octanol–water partition coefficient (Wildman–Crippen LogP) is 2.68. The summed E-state index contributed by atoms with van der Waals surface area (Å²) in [5.41, 5.74) is 10.1. The monoisotopic (exact) mass is 378 g/mol. The van der Waals surface area contributed by atoms with Crippen LogP contribution in [0.4, 0.5) is 0 Å². The van der Waals surface area contributed by atoms with Gasteiger partial charge in [0.1, 0.15) is 5.75 Å². The summed E-state index contributed by atoms with van der Waals surface area (Å²) in [7, 11) is 0. The van der Waals surface area contributed by atoms with Crippen molar-refractivity contribution in [3.8, 4) is 5.75 Å². The molecule has 2 aromatic carbocycles. The molecule has 7 nitrogen and oxygen atoms in total. The van der Waals surface area contributed by atoms with Crippen molar-refractivity contribution in [2.45, 2.75) is 19.9 Å². The Bertz CT molecular complexity index is 1010. The molecule has 0 fully saturated rings. The number of ether oxygens (including phenoxy) is 1. The van der Waals surface area contributed by atoms with Gasteiger partial charge in [-0.15, -0.1) is 0 Å². The highest BCUT2D eigenvalue weighted by Crippen LogP contribution is 2.20. The molecule has 0 aliphatic heterocycles. The summed E-state index contributed by atoms with van der Waals surface area (Å²) >= 11 is 0. The van der Waals surface area contributed by atoms with Gasteiger partial charge in [0.15, 0.2) is 0 Å². The van der Waals surface area contributed by atoms with Gasteiger partial charge in [-0.1, -0.05) is 18.2 Å². The molecule has 2 amide bonds. The molecule has 0 aliphatic carbocycles. The molecule has 0 aliphatic rings. The predicted molar refractivity (Wildman–Crippen MR) is 108 cm³/mol. The van der Waals surface area contributed by atoms with Crippen molar-refractivity contribution in [1.82, 2.24) is 9.99 Å². The topological polar surface area (TPSA) is 98.7 Å². The zero-order chi connectivity index (χ0) is 19.9. The van der Waals surface area contributed by atoms with E-state index in [9.17, 15) is 9.59 Å². The number of nitrogens with two attached hydrogens (primary N) is 1. The summed E-state index contributed by atoms with van der Waals surface area (Å²) in [6.45, 7) is 2.96. The second-order valence-corrected chi connectivity index (χ2v) is 6.17. The second kappa shape index (κ2) is 8.85. The van der Waals surface area contributed by atoms with Gasteiger partial charge in [-0.3, -0.25) is 9.59 Å². The number of hydrogen-bond donors (Lipinski definition) is 2.